The molecule has 1 aromatic carbocycles. The van der Waals surface area contributed by atoms with E-state index >= 15 is 0 Å². The van der Waals surface area contributed by atoms with E-state index in [1.165, 1.54) is 47.8 Å². The van der Waals surface area contributed by atoms with Crippen LogP contribution in [-0.4, -0.2) is 4.98 Å². The molecule has 0 amide bonds. The van der Waals surface area contributed by atoms with E-state index in [0.29, 0.717) is 0 Å². The van der Waals surface area contributed by atoms with E-state index in [1.54, 1.807) is 0 Å². The van der Waals surface area contributed by atoms with Crippen molar-refractivity contribution >= 4 is 10.9 Å². The first-order chi connectivity index (χ1) is 8.36. The van der Waals surface area contributed by atoms with Crippen molar-refractivity contribution in [2.45, 2.75) is 53.4 Å². The first kappa shape index (κ1) is 13.8. The molecule has 1 nitrogen and oxygen atoms in total. The molecular formula is C16H25N. The lowest BCUT2D eigenvalue weighted by Crippen LogP contribution is -1.90. The molecule has 0 aliphatic heterocycles. The Morgan fingerprint density at radius 2 is 1.59 bits per heavy atom. The van der Waals surface area contributed by atoms with Gasteiger partial charge in [-0.25, -0.2) is 0 Å². The molecule has 17 heavy (non-hydrogen) atoms. The van der Waals surface area contributed by atoms with Crippen LogP contribution in [0.25, 0.3) is 10.9 Å². The van der Waals surface area contributed by atoms with Gasteiger partial charge in [0.2, 0.25) is 0 Å². The molecular weight excluding hydrogens is 206 g/mol. The third-order valence-electron chi connectivity index (χ3n) is 2.90. The van der Waals surface area contributed by atoms with Crippen LogP contribution in [0.5, 0.6) is 0 Å². The van der Waals surface area contributed by atoms with Gasteiger partial charge in [-0.3, -0.25) is 0 Å². The molecule has 0 saturated heterocycles. The van der Waals surface area contributed by atoms with Gasteiger partial charge in [-0.05, 0) is 24.5 Å². The highest BCUT2D eigenvalue weighted by Gasteiger charge is 2.08. The van der Waals surface area contributed by atoms with Crippen molar-refractivity contribution in [1.29, 1.82) is 0 Å². The summed E-state index contributed by atoms with van der Waals surface area (Å²) in [6.07, 6.45) is 4.80. The smallest absolute Gasteiger partial charge is 0.0458 e. The van der Waals surface area contributed by atoms with Gasteiger partial charge in [0, 0.05) is 16.6 Å². The van der Waals surface area contributed by atoms with E-state index in [1.807, 2.05) is 13.8 Å². The number of benzene rings is 1. The van der Waals surface area contributed by atoms with Crippen molar-refractivity contribution in [2.24, 2.45) is 0 Å². The van der Waals surface area contributed by atoms with E-state index in [9.17, 15) is 0 Å². The molecule has 0 spiro atoms. The first-order valence-corrected chi connectivity index (χ1v) is 6.95. The molecule has 0 saturated carbocycles. The van der Waals surface area contributed by atoms with Gasteiger partial charge in [-0.2, -0.15) is 0 Å². The number of H-pyrrole nitrogens is 1. The number of aryl methyl sites for hydroxylation is 2. The van der Waals surface area contributed by atoms with Crippen LogP contribution in [0, 0.1) is 0 Å². The maximum Gasteiger partial charge on any atom is 0.0458 e. The third kappa shape index (κ3) is 3.12. The number of hydrogen-bond acceptors (Lipinski definition) is 0. The highest BCUT2D eigenvalue weighted by molar-refractivity contribution is 5.84. The minimum absolute atomic E-state index is 1.17. The molecule has 0 atom stereocenters. The molecule has 2 rings (SSSR count). The first-order valence-electron chi connectivity index (χ1n) is 6.95. The summed E-state index contributed by atoms with van der Waals surface area (Å²) in [4.78, 5) is 3.55. The van der Waals surface area contributed by atoms with Gasteiger partial charge in [0.1, 0.15) is 0 Å². The number of aromatic nitrogens is 1. The number of para-hydroxylation sites is 1. The number of aromatic amines is 1. The van der Waals surface area contributed by atoms with E-state index in [0.717, 1.165) is 0 Å². The van der Waals surface area contributed by atoms with E-state index in [2.05, 4.69) is 43.1 Å². The highest BCUT2D eigenvalue weighted by Crippen LogP contribution is 2.24. The van der Waals surface area contributed by atoms with Crippen molar-refractivity contribution < 1.29 is 0 Å². The van der Waals surface area contributed by atoms with Crippen LogP contribution in [-0.2, 0) is 12.8 Å². The predicted octanol–water partition coefficient (Wildman–Crippen LogP) is 5.10. The van der Waals surface area contributed by atoms with E-state index in [4.69, 9.17) is 0 Å². The summed E-state index contributed by atoms with van der Waals surface area (Å²) in [5.41, 5.74) is 4.28. The normalized spacial score (nSPS) is 10.1. The average Bonchev–Trinajstić information content (AvgIpc) is 2.72. The number of rotatable bonds is 4. The van der Waals surface area contributed by atoms with Gasteiger partial charge in [0.15, 0.2) is 0 Å². The molecule has 1 heteroatoms. The molecule has 0 aliphatic carbocycles. The fourth-order valence-electron chi connectivity index (χ4n) is 2.25. The number of fused-ring (bicyclic) bond motifs is 1. The summed E-state index contributed by atoms with van der Waals surface area (Å²) < 4.78 is 0. The predicted molar refractivity (Wildman–Crippen MR) is 77.6 cm³/mol. The minimum Gasteiger partial charge on any atom is -0.358 e. The Balaban J connectivity index is 0.000000686. The van der Waals surface area contributed by atoms with Crippen LogP contribution in [0.1, 0.15) is 51.8 Å². The lowest BCUT2D eigenvalue weighted by Gasteiger charge is -2.01. The van der Waals surface area contributed by atoms with Crippen molar-refractivity contribution in [3.8, 4) is 0 Å². The summed E-state index contributed by atoms with van der Waals surface area (Å²) in [5, 5.41) is 1.42. The SMILES string of the molecule is CC.CCCc1[nH]c2ccccc2c1CCC. The molecule has 0 radical (unpaired) electrons. The fraction of sp³-hybridized carbons (Fsp3) is 0.500. The Labute approximate surface area is 105 Å². The van der Waals surface area contributed by atoms with Crippen LogP contribution < -0.4 is 0 Å². The monoisotopic (exact) mass is 231 g/mol. The number of nitrogens with one attached hydrogen (secondary N) is 1. The summed E-state index contributed by atoms with van der Waals surface area (Å²) in [6.45, 7) is 8.48. The zero-order valence-electron chi connectivity index (χ0n) is 11.6. The van der Waals surface area contributed by atoms with Gasteiger partial charge >= 0.3 is 0 Å². The largest absolute Gasteiger partial charge is 0.358 e. The maximum atomic E-state index is 3.55. The zero-order chi connectivity index (χ0) is 12.7. The summed E-state index contributed by atoms with van der Waals surface area (Å²) >= 11 is 0. The molecule has 94 valence electrons. The highest BCUT2D eigenvalue weighted by atomic mass is 14.7. The molecule has 0 bridgehead atoms. The van der Waals surface area contributed by atoms with Crippen LogP contribution in [0.15, 0.2) is 24.3 Å². The quantitative estimate of drug-likeness (QED) is 0.753. The van der Waals surface area contributed by atoms with Crippen LogP contribution in [0.2, 0.25) is 0 Å². The number of hydrogen-bond donors (Lipinski definition) is 1. The van der Waals surface area contributed by atoms with Gasteiger partial charge in [-0.15, -0.1) is 0 Å². The van der Waals surface area contributed by atoms with E-state index < -0.39 is 0 Å². The van der Waals surface area contributed by atoms with Gasteiger partial charge < -0.3 is 4.98 Å². The second kappa shape index (κ2) is 7.16. The van der Waals surface area contributed by atoms with E-state index in [-0.39, 0.29) is 0 Å². The Bertz CT molecular complexity index is 440. The Morgan fingerprint density at radius 3 is 2.24 bits per heavy atom. The van der Waals surface area contributed by atoms with Gasteiger partial charge in [0.25, 0.3) is 0 Å². The topological polar surface area (TPSA) is 15.8 Å². The summed E-state index contributed by atoms with van der Waals surface area (Å²) in [7, 11) is 0. The molecule has 0 unspecified atom stereocenters. The second-order valence-corrected chi connectivity index (χ2v) is 4.13. The molecule has 0 fully saturated rings. The Kier molecular flexibility index (Phi) is 5.82. The van der Waals surface area contributed by atoms with Crippen molar-refractivity contribution in [2.75, 3.05) is 0 Å². The summed E-state index contributed by atoms with van der Waals surface area (Å²) in [6, 6.07) is 8.64. The summed E-state index contributed by atoms with van der Waals surface area (Å²) in [5.74, 6) is 0. The molecule has 1 N–H and O–H groups in total. The molecule has 2 aromatic rings. The Hall–Kier alpha value is -1.24. The lowest BCUT2D eigenvalue weighted by atomic mass is 10.0. The van der Waals surface area contributed by atoms with Crippen molar-refractivity contribution in [3.63, 3.8) is 0 Å². The standard InChI is InChI=1S/C14H19N.C2H6/c1-3-7-11-12-9-5-6-10-14(12)15-13(11)8-4-2;1-2/h5-6,9-10,15H,3-4,7-8H2,1-2H3;1-2H3. The second-order valence-electron chi connectivity index (χ2n) is 4.13. The molecule has 1 aromatic heterocycles. The van der Waals surface area contributed by atoms with Gasteiger partial charge in [-0.1, -0.05) is 58.7 Å². The van der Waals surface area contributed by atoms with Crippen molar-refractivity contribution in [3.05, 3.63) is 35.5 Å². The van der Waals surface area contributed by atoms with Crippen molar-refractivity contribution in [1.82, 2.24) is 4.98 Å². The minimum atomic E-state index is 1.17. The maximum absolute atomic E-state index is 3.55. The van der Waals surface area contributed by atoms with Crippen LogP contribution in [0.4, 0.5) is 0 Å². The van der Waals surface area contributed by atoms with Gasteiger partial charge in [0.05, 0.1) is 0 Å². The average molecular weight is 231 g/mol. The third-order valence-corrected chi connectivity index (χ3v) is 2.90. The Morgan fingerprint density at radius 1 is 0.941 bits per heavy atom. The molecule has 0 aliphatic rings. The van der Waals surface area contributed by atoms with Crippen LogP contribution in [0.3, 0.4) is 0 Å². The lowest BCUT2D eigenvalue weighted by molar-refractivity contribution is 0.850. The zero-order valence-corrected chi connectivity index (χ0v) is 11.6. The molecule has 1 heterocycles. The fourth-order valence-corrected chi connectivity index (χ4v) is 2.25. The van der Waals surface area contributed by atoms with Crippen LogP contribution >= 0.6 is 0 Å².